The van der Waals surface area contributed by atoms with E-state index in [1.54, 1.807) is 6.92 Å². The smallest absolute Gasteiger partial charge is 0.307 e. The number of nitrogens with zero attached hydrogens (tertiary/aromatic N) is 1. The number of fused-ring (bicyclic) bond motifs is 1. The van der Waals surface area contributed by atoms with Crippen LogP contribution in [0.2, 0.25) is 0 Å². The third-order valence-corrected chi connectivity index (χ3v) is 2.52. The predicted octanol–water partition coefficient (Wildman–Crippen LogP) is 0.548. The van der Waals surface area contributed by atoms with Crippen LogP contribution in [0.15, 0.2) is 0 Å². The Morgan fingerprint density at radius 2 is 2.29 bits per heavy atom. The van der Waals surface area contributed by atoms with E-state index < -0.39 is 11.9 Å². The lowest BCUT2D eigenvalue weighted by Gasteiger charge is -2.16. The summed E-state index contributed by atoms with van der Waals surface area (Å²) in [4.78, 5) is 22.3. The SMILES string of the molecule is Cc1[nH]nc2c1C(=O)CC(C(=O)O)C2. The molecule has 14 heavy (non-hydrogen) atoms. The number of hydrogen-bond donors (Lipinski definition) is 2. The van der Waals surface area contributed by atoms with Gasteiger partial charge in [-0.05, 0) is 6.92 Å². The highest BCUT2D eigenvalue weighted by molar-refractivity contribution is 6.01. The first kappa shape index (κ1) is 8.93. The number of aromatic nitrogens is 2. The zero-order chi connectivity index (χ0) is 10.3. The molecule has 1 atom stereocenters. The van der Waals surface area contributed by atoms with E-state index in [0.717, 1.165) is 5.69 Å². The van der Waals surface area contributed by atoms with Gasteiger partial charge in [0.2, 0.25) is 0 Å². The highest BCUT2D eigenvalue weighted by Gasteiger charge is 2.32. The van der Waals surface area contributed by atoms with Crippen LogP contribution in [0.25, 0.3) is 0 Å². The minimum atomic E-state index is -0.926. The van der Waals surface area contributed by atoms with Gasteiger partial charge in [0.25, 0.3) is 0 Å². The van der Waals surface area contributed by atoms with Crippen molar-refractivity contribution in [2.45, 2.75) is 19.8 Å². The van der Waals surface area contributed by atoms with Crippen molar-refractivity contribution in [1.29, 1.82) is 0 Å². The number of carboxylic acids is 1. The Hall–Kier alpha value is -1.65. The lowest BCUT2D eigenvalue weighted by Crippen LogP contribution is -2.26. The van der Waals surface area contributed by atoms with Gasteiger partial charge in [-0.3, -0.25) is 14.7 Å². The van der Waals surface area contributed by atoms with E-state index in [4.69, 9.17) is 5.11 Å². The number of carboxylic acid groups (broad SMARTS) is 1. The average molecular weight is 194 g/mol. The van der Waals surface area contributed by atoms with Crippen LogP contribution in [0.4, 0.5) is 0 Å². The Bertz CT molecular complexity index is 408. The summed E-state index contributed by atoms with van der Waals surface area (Å²) >= 11 is 0. The van der Waals surface area contributed by atoms with Crippen molar-refractivity contribution >= 4 is 11.8 Å². The number of carbonyl (C=O) groups is 2. The Kier molecular flexibility index (Phi) is 1.87. The van der Waals surface area contributed by atoms with Crippen molar-refractivity contribution in [3.63, 3.8) is 0 Å². The molecule has 0 fully saturated rings. The van der Waals surface area contributed by atoms with E-state index in [1.807, 2.05) is 0 Å². The molecular formula is C9H10N2O3. The Balaban J connectivity index is 2.39. The van der Waals surface area contributed by atoms with E-state index in [-0.39, 0.29) is 12.2 Å². The van der Waals surface area contributed by atoms with Gasteiger partial charge in [0.15, 0.2) is 5.78 Å². The number of Topliss-reactive ketones (excluding diaryl/α,β-unsaturated/α-hetero) is 1. The summed E-state index contributed by atoms with van der Waals surface area (Å²) in [6.07, 6.45) is 0.434. The van der Waals surface area contributed by atoms with Crippen molar-refractivity contribution in [3.8, 4) is 0 Å². The maximum atomic E-state index is 11.6. The zero-order valence-corrected chi connectivity index (χ0v) is 7.70. The molecular weight excluding hydrogens is 184 g/mol. The van der Waals surface area contributed by atoms with Crippen molar-refractivity contribution in [2.75, 3.05) is 0 Å². The molecule has 0 saturated heterocycles. The molecule has 5 nitrogen and oxygen atoms in total. The number of nitrogens with one attached hydrogen (secondary N) is 1. The monoisotopic (exact) mass is 194 g/mol. The number of aromatic amines is 1. The van der Waals surface area contributed by atoms with Crippen LogP contribution in [0.5, 0.6) is 0 Å². The average Bonchev–Trinajstić information content (AvgIpc) is 2.48. The third kappa shape index (κ3) is 1.21. The molecule has 0 aliphatic heterocycles. The van der Waals surface area contributed by atoms with Gasteiger partial charge in [-0.2, -0.15) is 5.10 Å². The largest absolute Gasteiger partial charge is 0.481 e. The van der Waals surface area contributed by atoms with Crippen LogP contribution >= 0.6 is 0 Å². The second-order valence-corrected chi connectivity index (χ2v) is 3.54. The minimum absolute atomic E-state index is 0.0860. The van der Waals surface area contributed by atoms with Crippen LogP contribution in [0, 0.1) is 12.8 Å². The lowest BCUT2D eigenvalue weighted by atomic mass is 9.86. The molecule has 0 aromatic carbocycles. The highest BCUT2D eigenvalue weighted by Crippen LogP contribution is 2.25. The van der Waals surface area contributed by atoms with E-state index in [9.17, 15) is 9.59 Å². The van der Waals surface area contributed by atoms with E-state index in [1.165, 1.54) is 0 Å². The fourth-order valence-corrected chi connectivity index (χ4v) is 1.80. The van der Waals surface area contributed by atoms with Gasteiger partial charge in [0.1, 0.15) is 0 Å². The van der Waals surface area contributed by atoms with E-state index in [2.05, 4.69) is 10.2 Å². The van der Waals surface area contributed by atoms with Gasteiger partial charge in [0, 0.05) is 18.5 Å². The highest BCUT2D eigenvalue weighted by atomic mass is 16.4. The molecule has 0 saturated carbocycles. The van der Waals surface area contributed by atoms with Gasteiger partial charge in [-0.15, -0.1) is 0 Å². The molecule has 0 bridgehead atoms. The molecule has 1 heterocycles. The van der Waals surface area contributed by atoms with Gasteiger partial charge in [-0.25, -0.2) is 0 Å². The number of carbonyl (C=O) groups excluding carboxylic acids is 1. The summed E-state index contributed by atoms with van der Waals surface area (Å²) in [6.45, 7) is 1.77. The first-order valence-corrected chi connectivity index (χ1v) is 4.39. The summed E-state index contributed by atoms with van der Waals surface area (Å²) < 4.78 is 0. The molecule has 1 aliphatic rings. The molecule has 5 heteroatoms. The summed E-state index contributed by atoms with van der Waals surface area (Å²) in [5.74, 6) is -1.66. The number of hydrogen-bond acceptors (Lipinski definition) is 3. The fourth-order valence-electron chi connectivity index (χ4n) is 1.80. The Morgan fingerprint density at radius 1 is 1.57 bits per heavy atom. The summed E-state index contributed by atoms with van der Waals surface area (Å²) in [6, 6.07) is 0. The molecule has 2 rings (SSSR count). The molecule has 1 unspecified atom stereocenters. The van der Waals surface area contributed by atoms with Crippen molar-refractivity contribution in [3.05, 3.63) is 17.0 Å². The minimum Gasteiger partial charge on any atom is -0.481 e. The Labute approximate surface area is 80.1 Å². The molecule has 74 valence electrons. The van der Waals surface area contributed by atoms with Crippen LogP contribution in [0.3, 0.4) is 0 Å². The molecule has 0 amide bonds. The Morgan fingerprint density at radius 3 is 2.93 bits per heavy atom. The van der Waals surface area contributed by atoms with Crippen LogP contribution in [-0.2, 0) is 11.2 Å². The standard InChI is InChI=1S/C9H10N2O3/c1-4-8-6(11-10-4)2-5(9(13)14)3-7(8)12/h5H,2-3H2,1H3,(H,10,11)(H,13,14). The van der Waals surface area contributed by atoms with Crippen molar-refractivity contribution < 1.29 is 14.7 Å². The second-order valence-electron chi connectivity index (χ2n) is 3.54. The number of aryl methyl sites for hydroxylation is 1. The predicted molar refractivity (Wildman–Crippen MR) is 47.1 cm³/mol. The number of aliphatic carboxylic acids is 1. The van der Waals surface area contributed by atoms with Crippen LogP contribution in [-0.4, -0.2) is 27.1 Å². The van der Waals surface area contributed by atoms with E-state index in [0.29, 0.717) is 17.7 Å². The summed E-state index contributed by atoms with van der Waals surface area (Å²) in [5.41, 5.74) is 1.91. The quantitative estimate of drug-likeness (QED) is 0.683. The molecule has 0 spiro atoms. The first-order chi connectivity index (χ1) is 6.59. The number of ketones is 1. The van der Waals surface area contributed by atoms with Gasteiger partial charge < -0.3 is 5.11 Å². The topological polar surface area (TPSA) is 83.0 Å². The van der Waals surface area contributed by atoms with Crippen molar-refractivity contribution in [2.24, 2.45) is 5.92 Å². The van der Waals surface area contributed by atoms with Gasteiger partial charge in [-0.1, -0.05) is 0 Å². The lowest BCUT2D eigenvalue weighted by molar-refractivity contribution is -0.141. The number of rotatable bonds is 1. The van der Waals surface area contributed by atoms with Gasteiger partial charge in [0.05, 0.1) is 17.2 Å². The van der Waals surface area contributed by atoms with Gasteiger partial charge >= 0.3 is 5.97 Å². The van der Waals surface area contributed by atoms with Crippen LogP contribution < -0.4 is 0 Å². The van der Waals surface area contributed by atoms with E-state index >= 15 is 0 Å². The van der Waals surface area contributed by atoms with Crippen LogP contribution in [0.1, 0.15) is 28.2 Å². The summed E-state index contributed by atoms with van der Waals surface area (Å²) in [7, 11) is 0. The first-order valence-electron chi connectivity index (χ1n) is 4.39. The third-order valence-electron chi connectivity index (χ3n) is 2.52. The molecule has 0 radical (unpaired) electrons. The number of H-pyrrole nitrogens is 1. The van der Waals surface area contributed by atoms with Crippen molar-refractivity contribution in [1.82, 2.24) is 10.2 Å². The molecule has 2 N–H and O–H groups in total. The second kappa shape index (κ2) is 2.94. The summed E-state index contributed by atoms with van der Waals surface area (Å²) in [5, 5.41) is 15.4. The maximum Gasteiger partial charge on any atom is 0.307 e. The zero-order valence-electron chi connectivity index (χ0n) is 7.70. The molecule has 1 aromatic rings. The molecule has 1 aromatic heterocycles. The normalized spacial score (nSPS) is 20.6. The molecule has 1 aliphatic carbocycles. The fraction of sp³-hybridized carbons (Fsp3) is 0.444. The maximum absolute atomic E-state index is 11.6.